The zero-order chi connectivity index (χ0) is 17.4. The summed E-state index contributed by atoms with van der Waals surface area (Å²) in [6.07, 6.45) is 1.29. The van der Waals surface area contributed by atoms with Crippen LogP contribution in [0.2, 0.25) is 0 Å². The van der Waals surface area contributed by atoms with Crippen LogP contribution in [0.5, 0.6) is 5.75 Å². The molecule has 0 spiro atoms. The number of phenolic OH excluding ortho intramolecular Hbond substituents is 1. The van der Waals surface area contributed by atoms with Gasteiger partial charge in [-0.1, -0.05) is 12.1 Å². The van der Waals surface area contributed by atoms with Gasteiger partial charge in [-0.25, -0.2) is 8.78 Å². The minimum Gasteiger partial charge on any atom is -0.508 e. The van der Waals surface area contributed by atoms with E-state index in [0.29, 0.717) is 25.1 Å². The number of halogens is 2. The van der Waals surface area contributed by atoms with Crippen molar-refractivity contribution in [3.05, 3.63) is 65.9 Å². The molecule has 1 N–H and O–H groups in total. The van der Waals surface area contributed by atoms with Crippen LogP contribution >= 0.6 is 0 Å². The highest BCUT2D eigenvalue weighted by atomic mass is 19.1. The van der Waals surface area contributed by atoms with Gasteiger partial charge in [0.15, 0.2) is 5.82 Å². The summed E-state index contributed by atoms with van der Waals surface area (Å²) in [5.41, 5.74) is 1.73. The number of hydrogen-bond acceptors (Lipinski definition) is 4. The predicted molar refractivity (Wildman–Crippen MR) is 90.7 cm³/mol. The molecule has 4 rings (SSSR count). The highest BCUT2D eigenvalue weighted by molar-refractivity contribution is 5.92. The molecule has 128 valence electrons. The third-order valence-electron chi connectivity index (χ3n) is 4.39. The molecule has 0 amide bonds. The summed E-state index contributed by atoms with van der Waals surface area (Å²) >= 11 is 0. The molecule has 0 aliphatic carbocycles. The van der Waals surface area contributed by atoms with Gasteiger partial charge in [0.1, 0.15) is 23.2 Å². The predicted octanol–water partition coefficient (Wildman–Crippen LogP) is 3.80. The average Bonchev–Trinajstić information content (AvgIpc) is 2.61. The van der Waals surface area contributed by atoms with E-state index in [0.717, 1.165) is 17.3 Å². The number of rotatable bonds is 2. The first-order valence-corrected chi connectivity index (χ1v) is 8.01. The SMILES string of the molecule is Oc1cccc(C2CN(c3ccnc4c(F)cc(F)cc34)CCO2)c1. The van der Waals surface area contributed by atoms with Gasteiger partial charge in [-0.3, -0.25) is 4.98 Å². The van der Waals surface area contributed by atoms with E-state index in [2.05, 4.69) is 4.98 Å². The monoisotopic (exact) mass is 342 g/mol. The Bertz CT molecular complexity index is 932. The molecule has 1 aliphatic rings. The van der Waals surface area contributed by atoms with Crippen molar-refractivity contribution in [2.45, 2.75) is 6.10 Å². The maximum absolute atomic E-state index is 14.0. The fourth-order valence-electron chi connectivity index (χ4n) is 3.24. The van der Waals surface area contributed by atoms with Crippen molar-refractivity contribution in [3.8, 4) is 5.75 Å². The normalized spacial score (nSPS) is 17.8. The van der Waals surface area contributed by atoms with Gasteiger partial charge in [-0.05, 0) is 29.8 Å². The van der Waals surface area contributed by atoms with E-state index in [1.807, 2.05) is 11.0 Å². The molecule has 1 aliphatic heterocycles. The van der Waals surface area contributed by atoms with Gasteiger partial charge >= 0.3 is 0 Å². The van der Waals surface area contributed by atoms with Crippen LogP contribution < -0.4 is 4.90 Å². The first kappa shape index (κ1) is 15.8. The van der Waals surface area contributed by atoms with Crippen LogP contribution in [0.15, 0.2) is 48.7 Å². The van der Waals surface area contributed by atoms with E-state index in [-0.39, 0.29) is 17.4 Å². The molecule has 1 fully saturated rings. The van der Waals surface area contributed by atoms with Gasteiger partial charge in [0.2, 0.25) is 0 Å². The van der Waals surface area contributed by atoms with Crippen molar-refractivity contribution < 1.29 is 18.6 Å². The van der Waals surface area contributed by atoms with Crippen LogP contribution in [0.4, 0.5) is 14.5 Å². The first-order chi connectivity index (χ1) is 12.1. The summed E-state index contributed by atoms with van der Waals surface area (Å²) in [7, 11) is 0. The summed E-state index contributed by atoms with van der Waals surface area (Å²) in [5.74, 6) is -1.12. The molecule has 0 radical (unpaired) electrons. The number of fused-ring (bicyclic) bond motifs is 1. The zero-order valence-corrected chi connectivity index (χ0v) is 13.3. The maximum Gasteiger partial charge on any atom is 0.152 e. The number of phenols is 1. The molecule has 0 bridgehead atoms. The fraction of sp³-hybridized carbons (Fsp3) is 0.211. The summed E-state index contributed by atoms with van der Waals surface area (Å²) in [6.45, 7) is 1.59. The molecule has 0 saturated carbocycles. The second-order valence-electron chi connectivity index (χ2n) is 6.01. The molecule has 1 saturated heterocycles. The minimum absolute atomic E-state index is 0.152. The van der Waals surface area contributed by atoms with Gasteiger partial charge in [0.25, 0.3) is 0 Å². The Morgan fingerprint density at radius 2 is 2.04 bits per heavy atom. The van der Waals surface area contributed by atoms with Gasteiger partial charge < -0.3 is 14.7 Å². The van der Waals surface area contributed by atoms with E-state index in [1.165, 1.54) is 12.3 Å². The Labute approximate surface area is 143 Å². The molecule has 2 heterocycles. The van der Waals surface area contributed by atoms with Gasteiger partial charge in [0, 0.05) is 36.4 Å². The molecule has 1 atom stereocenters. The summed E-state index contributed by atoms with van der Waals surface area (Å²) in [5, 5.41) is 10.1. The summed E-state index contributed by atoms with van der Waals surface area (Å²) in [4.78, 5) is 6.06. The number of pyridine rings is 1. The first-order valence-electron chi connectivity index (χ1n) is 8.01. The zero-order valence-electron chi connectivity index (χ0n) is 13.3. The Hall–Kier alpha value is -2.73. The molecule has 1 unspecified atom stereocenters. The van der Waals surface area contributed by atoms with E-state index >= 15 is 0 Å². The number of morpholine rings is 1. The topological polar surface area (TPSA) is 45.6 Å². The number of aromatic hydroxyl groups is 1. The van der Waals surface area contributed by atoms with E-state index < -0.39 is 11.6 Å². The number of nitrogens with zero attached hydrogens (tertiary/aromatic N) is 2. The Kier molecular flexibility index (Phi) is 3.97. The van der Waals surface area contributed by atoms with Crippen LogP contribution in [-0.4, -0.2) is 29.8 Å². The largest absolute Gasteiger partial charge is 0.508 e. The second-order valence-corrected chi connectivity index (χ2v) is 6.01. The fourth-order valence-corrected chi connectivity index (χ4v) is 3.24. The lowest BCUT2D eigenvalue weighted by Gasteiger charge is -2.35. The van der Waals surface area contributed by atoms with Crippen LogP contribution in [0.1, 0.15) is 11.7 Å². The number of hydrogen-bond donors (Lipinski definition) is 1. The number of benzene rings is 2. The van der Waals surface area contributed by atoms with Gasteiger partial charge in [-0.2, -0.15) is 0 Å². The molecular formula is C19H16F2N2O2. The molecule has 3 aromatic rings. The van der Waals surface area contributed by atoms with Crippen molar-refractivity contribution in [1.29, 1.82) is 0 Å². The molecule has 1 aromatic heterocycles. The lowest BCUT2D eigenvalue weighted by Crippen LogP contribution is -2.38. The minimum atomic E-state index is -0.672. The third kappa shape index (κ3) is 3.00. The van der Waals surface area contributed by atoms with E-state index in [9.17, 15) is 13.9 Å². The standard InChI is InChI=1S/C19H16F2N2O2/c20-13-9-15-17(4-5-22-19(15)16(21)10-13)23-6-7-25-18(11-23)12-2-1-3-14(24)8-12/h1-5,8-10,18,24H,6-7,11H2. The molecular weight excluding hydrogens is 326 g/mol. The molecule has 25 heavy (non-hydrogen) atoms. The van der Waals surface area contributed by atoms with Crippen LogP contribution in [-0.2, 0) is 4.74 Å². The van der Waals surface area contributed by atoms with Crippen molar-refractivity contribution in [3.63, 3.8) is 0 Å². The number of anilines is 1. The Balaban J connectivity index is 1.71. The average molecular weight is 342 g/mol. The van der Waals surface area contributed by atoms with Crippen molar-refractivity contribution in [2.24, 2.45) is 0 Å². The van der Waals surface area contributed by atoms with E-state index in [4.69, 9.17) is 4.74 Å². The Morgan fingerprint density at radius 3 is 2.88 bits per heavy atom. The van der Waals surface area contributed by atoms with Crippen LogP contribution in [0.25, 0.3) is 10.9 Å². The lowest BCUT2D eigenvalue weighted by molar-refractivity contribution is 0.0397. The summed E-state index contributed by atoms with van der Waals surface area (Å²) < 4.78 is 33.5. The smallest absolute Gasteiger partial charge is 0.152 e. The highest BCUT2D eigenvalue weighted by Crippen LogP contribution is 2.32. The quantitative estimate of drug-likeness (QED) is 0.769. The highest BCUT2D eigenvalue weighted by Gasteiger charge is 2.24. The number of ether oxygens (including phenoxy) is 1. The van der Waals surface area contributed by atoms with Crippen molar-refractivity contribution in [1.82, 2.24) is 4.98 Å². The lowest BCUT2D eigenvalue weighted by atomic mass is 10.1. The van der Waals surface area contributed by atoms with Crippen molar-refractivity contribution in [2.75, 3.05) is 24.6 Å². The molecule has 6 heteroatoms. The van der Waals surface area contributed by atoms with Crippen LogP contribution in [0.3, 0.4) is 0 Å². The van der Waals surface area contributed by atoms with Crippen LogP contribution in [0, 0.1) is 11.6 Å². The van der Waals surface area contributed by atoms with E-state index in [1.54, 1.807) is 24.3 Å². The molecule has 2 aromatic carbocycles. The maximum atomic E-state index is 14.0. The summed E-state index contributed by atoms with van der Waals surface area (Å²) in [6, 6.07) is 10.8. The number of aromatic nitrogens is 1. The van der Waals surface area contributed by atoms with Gasteiger partial charge in [0.05, 0.1) is 6.61 Å². The Morgan fingerprint density at radius 1 is 1.16 bits per heavy atom. The van der Waals surface area contributed by atoms with Gasteiger partial charge in [-0.15, -0.1) is 0 Å². The molecule has 4 nitrogen and oxygen atoms in total. The third-order valence-corrected chi connectivity index (χ3v) is 4.39. The van der Waals surface area contributed by atoms with Crippen molar-refractivity contribution >= 4 is 16.6 Å². The second kappa shape index (κ2) is 6.29.